The van der Waals surface area contributed by atoms with Crippen LogP contribution in [0.2, 0.25) is 0 Å². The summed E-state index contributed by atoms with van der Waals surface area (Å²) in [7, 11) is 0. The molecule has 3 N–H and O–H groups in total. The van der Waals surface area contributed by atoms with E-state index in [2.05, 4.69) is 20.5 Å². The van der Waals surface area contributed by atoms with E-state index in [1.807, 2.05) is 38.1 Å². The predicted molar refractivity (Wildman–Crippen MR) is 103 cm³/mol. The zero-order valence-corrected chi connectivity index (χ0v) is 15.1. The molecule has 0 aliphatic carbocycles. The molecule has 138 valence electrons. The first kappa shape index (κ1) is 18.3. The highest BCUT2D eigenvalue weighted by molar-refractivity contribution is 5.95. The number of hydrogen-bond donors (Lipinski definition) is 3. The number of fused-ring (bicyclic) bond motifs is 1. The van der Waals surface area contributed by atoms with Gasteiger partial charge < -0.3 is 15.4 Å². The number of aromatic amines is 1. The first-order chi connectivity index (χ1) is 12.9. The van der Waals surface area contributed by atoms with Crippen LogP contribution in [0.5, 0.6) is 5.88 Å². The van der Waals surface area contributed by atoms with Crippen LogP contribution in [-0.4, -0.2) is 21.9 Å². The van der Waals surface area contributed by atoms with Crippen molar-refractivity contribution in [2.45, 2.75) is 26.7 Å². The standard InChI is InChI=1S/C20H20N4O3/c1-12-7-8-14(11-13(12)2)21-17(25)9-10-18(26)23-24-19-15-5-3-4-6-16(15)22-20(19)27/h3-8,11,22,27H,9-10H2,1-2H3,(H,21,25). The van der Waals surface area contributed by atoms with Gasteiger partial charge in [-0.1, -0.05) is 24.3 Å². The monoisotopic (exact) mass is 364 g/mol. The van der Waals surface area contributed by atoms with Gasteiger partial charge in [-0.25, -0.2) is 0 Å². The van der Waals surface area contributed by atoms with Gasteiger partial charge in [0.15, 0.2) is 5.69 Å². The minimum Gasteiger partial charge on any atom is -0.493 e. The summed E-state index contributed by atoms with van der Waals surface area (Å²) >= 11 is 0. The predicted octanol–water partition coefficient (Wildman–Crippen LogP) is 4.52. The van der Waals surface area contributed by atoms with E-state index in [0.29, 0.717) is 16.6 Å². The lowest BCUT2D eigenvalue weighted by molar-refractivity contribution is -0.122. The van der Waals surface area contributed by atoms with Crippen molar-refractivity contribution >= 4 is 34.1 Å². The van der Waals surface area contributed by atoms with E-state index < -0.39 is 5.91 Å². The summed E-state index contributed by atoms with van der Waals surface area (Å²) in [6.07, 6.45) is -0.0616. The number of aromatic hydroxyl groups is 1. The van der Waals surface area contributed by atoms with Crippen LogP contribution >= 0.6 is 0 Å². The summed E-state index contributed by atoms with van der Waals surface area (Å²) in [5.74, 6) is -0.952. The molecule has 0 unspecified atom stereocenters. The summed E-state index contributed by atoms with van der Waals surface area (Å²) in [5.41, 5.74) is 3.82. The molecule has 0 radical (unpaired) electrons. The van der Waals surface area contributed by atoms with E-state index in [1.165, 1.54) is 0 Å². The molecule has 7 nitrogen and oxygen atoms in total. The van der Waals surface area contributed by atoms with Gasteiger partial charge in [-0.05, 0) is 43.2 Å². The second kappa shape index (κ2) is 7.82. The van der Waals surface area contributed by atoms with E-state index >= 15 is 0 Å². The van der Waals surface area contributed by atoms with Crippen molar-refractivity contribution in [3.63, 3.8) is 0 Å². The highest BCUT2D eigenvalue weighted by atomic mass is 16.3. The van der Waals surface area contributed by atoms with Crippen LogP contribution in [-0.2, 0) is 9.59 Å². The molecule has 0 fully saturated rings. The SMILES string of the molecule is Cc1ccc(NC(=O)CCC(=O)N=Nc2c(O)[nH]c3ccccc23)cc1C. The minimum atomic E-state index is -0.532. The normalized spacial score (nSPS) is 11.2. The average molecular weight is 364 g/mol. The Morgan fingerprint density at radius 3 is 2.63 bits per heavy atom. The van der Waals surface area contributed by atoms with Crippen molar-refractivity contribution in [2.24, 2.45) is 10.2 Å². The zero-order valence-electron chi connectivity index (χ0n) is 15.1. The summed E-state index contributed by atoms with van der Waals surface area (Å²) in [6.45, 7) is 3.96. The van der Waals surface area contributed by atoms with Gasteiger partial charge in [-0.3, -0.25) is 9.59 Å². The van der Waals surface area contributed by atoms with Crippen LogP contribution in [0.25, 0.3) is 10.9 Å². The second-order valence-corrected chi connectivity index (χ2v) is 6.31. The molecule has 3 rings (SSSR count). The van der Waals surface area contributed by atoms with E-state index in [-0.39, 0.29) is 30.3 Å². The number of aromatic nitrogens is 1. The molecule has 1 aromatic heterocycles. The maximum atomic E-state index is 12.0. The summed E-state index contributed by atoms with van der Waals surface area (Å²) in [5, 5.41) is 20.8. The van der Waals surface area contributed by atoms with Crippen molar-refractivity contribution in [1.82, 2.24) is 4.98 Å². The van der Waals surface area contributed by atoms with E-state index in [9.17, 15) is 14.7 Å². The Labute approximate surface area is 156 Å². The highest BCUT2D eigenvalue weighted by Gasteiger charge is 2.11. The minimum absolute atomic E-state index is 0.00461. The third kappa shape index (κ3) is 4.38. The Morgan fingerprint density at radius 2 is 1.85 bits per heavy atom. The van der Waals surface area contributed by atoms with Crippen molar-refractivity contribution < 1.29 is 14.7 Å². The number of rotatable bonds is 5. The van der Waals surface area contributed by atoms with Gasteiger partial charge in [0.1, 0.15) is 0 Å². The average Bonchev–Trinajstić information content (AvgIpc) is 2.96. The van der Waals surface area contributed by atoms with Crippen molar-refractivity contribution in [3.05, 3.63) is 53.6 Å². The fourth-order valence-corrected chi connectivity index (χ4v) is 2.63. The van der Waals surface area contributed by atoms with E-state index in [4.69, 9.17) is 0 Å². The van der Waals surface area contributed by atoms with Gasteiger partial charge in [-0.15, -0.1) is 10.2 Å². The lowest BCUT2D eigenvalue weighted by Crippen LogP contribution is -2.12. The van der Waals surface area contributed by atoms with E-state index in [0.717, 1.165) is 11.1 Å². The number of nitrogens with zero attached hydrogens (tertiary/aromatic N) is 2. The molecule has 0 aliphatic heterocycles. The van der Waals surface area contributed by atoms with Gasteiger partial charge in [0.25, 0.3) is 5.91 Å². The summed E-state index contributed by atoms with van der Waals surface area (Å²) in [4.78, 5) is 26.7. The Bertz CT molecular complexity index is 1040. The molecule has 0 atom stereocenters. The van der Waals surface area contributed by atoms with Crippen LogP contribution in [0, 0.1) is 13.8 Å². The Balaban J connectivity index is 1.57. The van der Waals surface area contributed by atoms with Gasteiger partial charge in [0.05, 0.1) is 5.52 Å². The molecule has 1 heterocycles. The number of carbonyl (C=O) groups excluding carboxylic acids is 2. The van der Waals surface area contributed by atoms with Crippen LogP contribution in [0.15, 0.2) is 52.7 Å². The molecule has 27 heavy (non-hydrogen) atoms. The maximum absolute atomic E-state index is 12.0. The highest BCUT2D eigenvalue weighted by Crippen LogP contribution is 2.35. The third-order valence-electron chi connectivity index (χ3n) is 4.28. The summed E-state index contributed by atoms with van der Waals surface area (Å²) < 4.78 is 0. The number of aryl methyl sites for hydroxylation is 2. The smallest absolute Gasteiger partial charge is 0.265 e. The van der Waals surface area contributed by atoms with Crippen molar-refractivity contribution in [1.29, 1.82) is 0 Å². The molecule has 0 saturated carbocycles. The first-order valence-corrected chi connectivity index (χ1v) is 8.55. The van der Waals surface area contributed by atoms with Gasteiger partial charge in [0, 0.05) is 23.9 Å². The fraction of sp³-hybridized carbons (Fsp3) is 0.200. The number of azo groups is 1. The topological polar surface area (TPSA) is 107 Å². The molecular weight excluding hydrogens is 344 g/mol. The molecule has 0 spiro atoms. The number of H-pyrrole nitrogens is 1. The Morgan fingerprint density at radius 1 is 1.07 bits per heavy atom. The fourth-order valence-electron chi connectivity index (χ4n) is 2.63. The zero-order chi connectivity index (χ0) is 19.4. The van der Waals surface area contributed by atoms with Crippen molar-refractivity contribution in [2.75, 3.05) is 5.32 Å². The second-order valence-electron chi connectivity index (χ2n) is 6.31. The van der Waals surface area contributed by atoms with Crippen LogP contribution in [0.3, 0.4) is 0 Å². The van der Waals surface area contributed by atoms with Gasteiger partial charge in [0.2, 0.25) is 11.8 Å². The Hall–Kier alpha value is -3.48. The van der Waals surface area contributed by atoms with Crippen LogP contribution in [0.1, 0.15) is 24.0 Å². The number of anilines is 1. The van der Waals surface area contributed by atoms with Crippen LogP contribution in [0.4, 0.5) is 11.4 Å². The number of para-hydroxylation sites is 1. The molecule has 7 heteroatoms. The molecular formula is C20H20N4O3. The number of nitrogens with one attached hydrogen (secondary N) is 2. The molecule has 0 saturated heterocycles. The quantitative estimate of drug-likeness (QED) is 0.579. The van der Waals surface area contributed by atoms with Gasteiger partial charge in [-0.2, -0.15) is 0 Å². The lowest BCUT2D eigenvalue weighted by atomic mass is 10.1. The third-order valence-corrected chi connectivity index (χ3v) is 4.28. The molecule has 2 aromatic carbocycles. The summed E-state index contributed by atoms with van der Waals surface area (Å²) in [6, 6.07) is 12.8. The molecule has 3 aromatic rings. The molecule has 2 amide bonds. The number of amides is 2. The number of hydrogen-bond acceptors (Lipinski definition) is 4. The maximum Gasteiger partial charge on any atom is 0.265 e. The lowest BCUT2D eigenvalue weighted by Gasteiger charge is -2.06. The number of benzene rings is 2. The molecule has 0 bridgehead atoms. The van der Waals surface area contributed by atoms with E-state index in [1.54, 1.807) is 18.2 Å². The largest absolute Gasteiger partial charge is 0.493 e. The Kier molecular flexibility index (Phi) is 5.30. The van der Waals surface area contributed by atoms with Crippen LogP contribution < -0.4 is 5.32 Å². The van der Waals surface area contributed by atoms with Gasteiger partial charge >= 0.3 is 0 Å². The first-order valence-electron chi connectivity index (χ1n) is 8.55. The van der Waals surface area contributed by atoms with Crippen molar-refractivity contribution in [3.8, 4) is 5.88 Å². The molecule has 0 aliphatic rings. The number of carbonyl (C=O) groups is 2.